The SMILES string of the molecule is CC(C)[C@@H](SC(C)(C)C)[C@H](C)OP(C1CCCCC1)C1CCCCC1. The summed E-state index contributed by atoms with van der Waals surface area (Å²) in [6, 6.07) is 0. The van der Waals surface area contributed by atoms with Crippen molar-refractivity contribution in [3.05, 3.63) is 0 Å². The number of hydrogen-bond acceptors (Lipinski definition) is 2. The van der Waals surface area contributed by atoms with Crippen LogP contribution in [0.2, 0.25) is 0 Å². The molecule has 25 heavy (non-hydrogen) atoms. The van der Waals surface area contributed by atoms with Crippen LogP contribution in [0.1, 0.15) is 106 Å². The van der Waals surface area contributed by atoms with E-state index >= 15 is 0 Å². The van der Waals surface area contributed by atoms with Gasteiger partial charge in [-0.25, -0.2) is 0 Å². The molecule has 0 bridgehead atoms. The lowest BCUT2D eigenvalue weighted by Gasteiger charge is -2.41. The zero-order chi connectivity index (χ0) is 18.4. The van der Waals surface area contributed by atoms with Crippen molar-refractivity contribution in [1.29, 1.82) is 0 Å². The summed E-state index contributed by atoms with van der Waals surface area (Å²) >= 11 is 2.14. The Morgan fingerprint density at radius 3 is 1.60 bits per heavy atom. The van der Waals surface area contributed by atoms with E-state index in [0.717, 1.165) is 11.3 Å². The third-order valence-corrected chi connectivity index (χ3v) is 10.7. The van der Waals surface area contributed by atoms with Gasteiger partial charge in [0.15, 0.2) is 0 Å². The minimum atomic E-state index is -0.249. The maximum Gasteiger partial charge on any atom is 0.0711 e. The summed E-state index contributed by atoms with van der Waals surface area (Å²) in [4.78, 5) is 0. The predicted molar refractivity (Wildman–Crippen MR) is 117 cm³/mol. The molecule has 0 saturated heterocycles. The van der Waals surface area contributed by atoms with Crippen LogP contribution in [0.15, 0.2) is 0 Å². The van der Waals surface area contributed by atoms with Crippen LogP contribution in [0.3, 0.4) is 0 Å². The molecule has 2 aliphatic rings. The summed E-state index contributed by atoms with van der Waals surface area (Å²) in [6.45, 7) is 14.2. The highest BCUT2D eigenvalue weighted by Crippen LogP contribution is 2.58. The summed E-state index contributed by atoms with van der Waals surface area (Å²) in [6.07, 6.45) is 14.8. The second kappa shape index (κ2) is 10.3. The third kappa shape index (κ3) is 7.34. The van der Waals surface area contributed by atoms with E-state index in [9.17, 15) is 0 Å². The van der Waals surface area contributed by atoms with E-state index < -0.39 is 0 Å². The largest absolute Gasteiger partial charge is 0.355 e. The first kappa shape index (κ1) is 22.0. The van der Waals surface area contributed by atoms with Crippen molar-refractivity contribution in [1.82, 2.24) is 0 Å². The van der Waals surface area contributed by atoms with Gasteiger partial charge in [-0.1, -0.05) is 73.1 Å². The second-order valence-corrected chi connectivity index (χ2v) is 14.1. The predicted octanol–water partition coefficient (Wildman–Crippen LogP) is 8.01. The fraction of sp³-hybridized carbons (Fsp3) is 1.00. The lowest BCUT2D eigenvalue weighted by Crippen LogP contribution is -2.33. The molecule has 0 aliphatic heterocycles. The molecule has 0 aromatic heterocycles. The number of hydrogen-bond donors (Lipinski definition) is 0. The molecule has 0 N–H and O–H groups in total. The van der Waals surface area contributed by atoms with Crippen LogP contribution in [-0.4, -0.2) is 27.4 Å². The van der Waals surface area contributed by atoms with E-state index in [4.69, 9.17) is 4.52 Å². The van der Waals surface area contributed by atoms with E-state index in [0.29, 0.717) is 22.0 Å². The van der Waals surface area contributed by atoms with Crippen molar-refractivity contribution in [2.75, 3.05) is 0 Å². The molecule has 148 valence electrons. The Hall–Kier alpha value is 0.740. The van der Waals surface area contributed by atoms with Gasteiger partial charge in [-0.05, 0) is 38.5 Å². The van der Waals surface area contributed by atoms with Crippen molar-refractivity contribution in [2.24, 2.45) is 5.92 Å². The Balaban J connectivity index is 2.07. The Morgan fingerprint density at radius 2 is 1.24 bits per heavy atom. The van der Waals surface area contributed by atoms with E-state index in [-0.39, 0.29) is 8.15 Å². The summed E-state index contributed by atoms with van der Waals surface area (Å²) in [5, 5.41) is 0.609. The molecule has 2 aliphatic carbocycles. The summed E-state index contributed by atoms with van der Waals surface area (Å²) < 4.78 is 7.35. The average molecular weight is 387 g/mol. The lowest BCUT2D eigenvalue weighted by atomic mass is 10.00. The zero-order valence-electron chi connectivity index (χ0n) is 17.7. The van der Waals surface area contributed by atoms with Crippen LogP contribution in [0.5, 0.6) is 0 Å². The standard InChI is InChI=1S/C22H43OPS/c1-17(2)21(25-22(4,5)6)18(3)23-24(19-13-9-7-10-14-19)20-15-11-8-12-16-20/h17-21H,7-16H2,1-6H3/t18-,21+/m0/s1. The topological polar surface area (TPSA) is 9.23 Å². The van der Waals surface area contributed by atoms with E-state index in [1.165, 1.54) is 64.2 Å². The van der Waals surface area contributed by atoms with Crippen molar-refractivity contribution in [3.63, 3.8) is 0 Å². The van der Waals surface area contributed by atoms with Crippen molar-refractivity contribution in [2.45, 2.75) is 133 Å². The molecule has 0 radical (unpaired) electrons. The quantitative estimate of drug-likeness (QED) is 0.410. The molecule has 3 heteroatoms. The molecule has 2 saturated carbocycles. The number of thioether (sulfide) groups is 1. The monoisotopic (exact) mass is 386 g/mol. The second-order valence-electron chi connectivity index (χ2n) is 9.69. The van der Waals surface area contributed by atoms with Gasteiger partial charge < -0.3 is 4.52 Å². The van der Waals surface area contributed by atoms with E-state index in [1.54, 1.807) is 0 Å². The average Bonchev–Trinajstić information content (AvgIpc) is 2.58. The highest BCUT2D eigenvalue weighted by Gasteiger charge is 2.36. The molecule has 2 atom stereocenters. The molecule has 0 unspecified atom stereocenters. The van der Waals surface area contributed by atoms with Gasteiger partial charge in [-0.2, -0.15) is 0 Å². The van der Waals surface area contributed by atoms with Gasteiger partial charge in [0.1, 0.15) is 0 Å². The Labute approximate surface area is 163 Å². The van der Waals surface area contributed by atoms with Gasteiger partial charge in [0.2, 0.25) is 0 Å². The van der Waals surface area contributed by atoms with Crippen molar-refractivity contribution >= 4 is 19.9 Å². The molecular formula is C22H43OPS. The van der Waals surface area contributed by atoms with Crippen LogP contribution in [0.4, 0.5) is 0 Å². The lowest BCUT2D eigenvalue weighted by molar-refractivity contribution is 0.211. The minimum Gasteiger partial charge on any atom is -0.355 e. The summed E-state index contributed by atoms with van der Waals surface area (Å²) in [5.74, 6) is 0.675. The van der Waals surface area contributed by atoms with Crippen LogP contribution in [0.25, 0.3) is 0 Å². The van der Waals surface area contributed by atoms with Crippen LogP contribution < -0.4 is 0 Å². The van der Waals surface area contributed by atoms with Crippen LogP contribution >= 0.6 is 19.9 Å². The maximum absolute atomic E-state index is 7.04. The maximum atomic E-state index is 7.04. The Kier molecular flexibility index (Phi) is 9.10. The van der Waals surface area contributed by atoms with Crippen molar-refractivity contribution in [3.8, 4) is 0 Å². The summed E-state index contributed by atoms with van der Waals surface area (Å²) in [5.41, 5.74) is 1.78. The Morgan fingerprint density at radius 1 is 0.800 bits per heavy atom. The van der Waals surface area contributed by atoms with Gasteiger partial charge in [0, 0.05) is 29.5 Å². The minimum absolute atomic E-state index is 0.249. The first-order chi connectivity index (χ1) is 11.8. The molecule has 0 aromatic rings. The normalized spacial score (nSPS) is 24.0. The van der Waals surface area contributed by atoms with E-state index in [2.05, 4.69) is 53.3 Å². The summed E-state index contributed by atoms with van der Waals surface area (Å²) in [7, 11) is -0.249. The highest BCUT2D eigenvalue weighted by molar-refractivity contribution is 8.01. The van der Waals surface area contributed by atoms with Crippen LogP contribution in [0, 0.1) is 5.92 Å². The van der Waals surface area contributed by atoms with Gasteiger partial charge in [-0.3, -0.25) is 0 Å². The molecular weight excluding hydrogens is 343 g/mol. The first-order valence-corrected chi connectivity index (χ1v) is 13.2. The van der Waals surface area contributed by atoms with E-state index in [1.807, 2.05) is 0 Å². The first-order valence-electron chi connectivity index (χ1n) is 10.9. The van der Waals surface area contributed by atoms with Gasteiger partial charge in [-0.15, -0.1) is 11.8 Å². The zero-order valence-corrected chi connectivity index (χ0v) is 19.4. The fourth-order valence-corrected chi connectivity index (χ4v) is 9.20. The number of rotatable bonds is 7. The molecule has 0 heterocycles. The van der Waals surface area contributed by atoms with Gasteiger partial charge in [0.05, 0.1) is 6.10 Å². The smallest absolute Gasteiger partial charge is 0.0711 e. The molecule has 1 nitrogen and oxygen atoms in total. The highest BCUT2D eigenvalue weighted by atomic mass is 32.2. The molecule has 0 aromatic carbocycles. The molecule has 2 fully saturated rings. The third-order valence-electron chi connectivity index (χ3n) is 5.77. The van der Waals surface area contributed by atoms with Gasteiger partial charge in [0.25, 0.3) is 0 Å². The molecule has 0 spiro atoms. The van der Waals surface area contributed by atoms with Crippen LogP contribution in [-0.2, 0) is 4.52 Å². The fourth-order valence-electron chi connectivity index (χ4n) is 4.58. The molecule has 2 rings (SSSR count). The van der Waals surface area contributed by atoms with Gasteiger partial charge >= 0.3 is 0 Å². The Bertz CT molecular complexity index is 349. The van der Waals surface area contributed by atoms with Crippen molar-refractivity contribution < 1.29 is 4.52 Å². The molecule has 0 amide bonds.